The predicted molar refractivity (Wildman–Crippen MR) is 75.8 cm³/mol. The fraction of sp³-hybridized carbons (Fsp3) is 0.333. The Labute approximate surface area is 117 Å². The van der Waals surface area contributed by atoms with Crippen LogP contribution in [0.4, 0.5) is 10.1 Å². The maximum atomic E-state index is 13.1. The molecule has 0 saturated heterocycles. The van der Waals surface area contributed by atoms with Gasteiger partial charge in [-0.1, -0.05) is 0 Å². The van der Waals surface area contributed by atoms with Gasteiger partial charge in [-0.25, -0.2) is 4.39 Å². The topological polar surface area (TPSA) is 53.6 Å². The van der Waals surface area contributed by atoms with E-state index in [2.05, 4.69) is 10.4 Å². The monoisotopic (exact) mass is 272 g/mol. The highest BCUT2D eigenvalue weighted by atomic mass is 19.1. The van der Waals surface area contributed by atoms with Gasteiger partial charge in [0.15, 0.2) is 0 Å². The van der Waals surface area contributed by atoms with Crippen LogP contribution in [-0.4, -0.2) is 9.78 Å². The Balaban J connectivity index is 2.33. The third-order valence-electron chi connectivity index (χ3n) is 3.47. The summed E-state index contributed by atoms with van der Waals surface area (Å²) in [6.07, 6.45) is 0. The predicted octanol–water partition coefficient (Wildman–Crippen LogP) is 3.22. The van der Waals surface area contributed by atoms with E-state index in [1.807, 2.05) is 38.6 Å². The minimum absolute atomic E-state index is 0.0127. The van der Waals surface area contributed by atoms with Crippen LogP contribution in [0, 0.1) is 31.0 Å². The van der Waals surface area contributed by atoms with Gasteiger partial charge >= 0.3 is 0 Å². The van der Waals surface area contributed by atoms with Crippen LogP contribution in [0.25, 0.3) is 0 Å². The van der Waals surface area contributed by atoms with Crippen LogP contribution in [0.2, 0.25) is 0 Å². The molecule has 0 aliphatic heterocycles. The van der Waals surface area contributed by atoms with Gasteiger partial charge in [0.25, 0.3) is 0 Å². The number of nitrogens with zero attached hydrogens (tertiary/aromatic N) is 3. The Kier molecular flexibility index (Phi) is 3.75. The summed E-state index contributed by atoms with van der Waals surface area (Å²) in [4.78, 5) is 0. The van der Waals surface area contributed by atoms with E-state index in [0.29, 0.717) is 11.3 Å². The minimum Gasteiger partial charge on any atom is -0.377 e. The molecule has 2 aromatic rings. The average molecular weight is 272 g/mol. The summed E-state index contributed by atoms with van der Waals surface area (Å²) in [6, 6.07) is 6.16. The number of rotatable bonds is 3. The molecular weight excluding hydrogens is 255 g/mol. The van der Waals surface area contributed by atoms with Gasteiger partial charge in [-0.15, -0.1) is 0 Å². The molecule has 0 aliphatic carbocycles. The second kappa shape index (κ2) is 5.33. The average Bonchev–Trinajstić information content (AvgIpc) is 2.65. The van der Waals surface area contributed by atoms with E-state index in [9.17, 15) is 4.39 Å². The highest BCUT2D eigenvalue weighted by Gasteiger charge is 2.17. The molecule has 2 rings (SSSR count). The van der Waals surface area contributed by atoms with Crippen LogP contribution in [0.3, 0.4) is 0 Å². The number of nitrogens with one attached hydrogen (secondary N) is 1. The zero-order chi connectivity index (χ0) is 14.9. The molecule has 0 amide bonds. The van der Waals surface area contributed by atoms with Crippen LogP contribution in [-0.2, 0) is 7.05 Å². The van der Waals surface area contributed by atoms with E-state index in [1.54, 1.807) is 6.07 Å². The van der Waals surface area contributed by atoms with E-state index in [0.717, 1.165) is 17.0 Å². The van der Waals surface area contributed by atoms with Gasteiger partial charge < -0.3 is 5.32 Å². The van der Waals surface area contributed by atoms with E-state index < -0.39 is 5.82 Å². The second-order valence-electron chi connectivity index (χ2n) is 4.88. The van der Waals surface area contributed by atoms with E-state index in [4.69, 9.17) is 5.26 Å². The SMILES string of the molecule is Cc1nn(C)c(C)c1C(C)Nc1ccc(F)cc1C#N. The van der Waals surface area contributed by atoms with Crippen molar-refractivity contribution >= 4 is 5.69 Å². The van der Waals surface area contributed by atoms with Crippen molar-refractivity contribution in [1.82, 2.24) is 9.78 Å². The Morgan fingerprint density at radius 2 is 2.10 bits per heavy atom. The molecule has 0 spiro atoms. The van der Waals surface area contributed by atoms with Gasteiger partial charge in [0.2, 0.25) is 0 Å². The van der Waals surface area contributed by atoms with Crippen LogP contribution in [0.1, 0.15) is 35.5 Å². The number of aromatic nitrogens is 2. The highest BCUT2D eigenvalue weighted by molar-refractivity contribution is 5.58. The summed E-state index contributed by atoms with van der Waals surface area (Å²) < 4.78 is 15.0. The molecule has 0 fully saturated rings. The molecule has 1 aromatic carbocycles. The third-order valence-corrected chi connectivity index (χ3v) is 3.47. The Hall–Kier alpha value is -2.35. The molecule has 0 bridgehead atoms. The lowest BCUT2D eigenvalue weighted by molar-refractivity contribution is 0.627. The number of halogens is 1. The quantitative estimate of drug-likeness (QED) is 0.933. The van der Waals surface area contributed by atoms with Crippen molar-refractivity contribution < 1.29 is 4.39 Å². The second-order valence-corrected chi connectivity index (χ2v) is 4.88. The van der Waals surface area contributed by atoms with E-state index in [-0.39, 0.29) is 6.04 Å². The van der Waals surface area contributed by atoms with Crippen LogP contribution < -0.4 is 5.32 Å². The van der Waals surface area contributed by atoms with Gasteiger partial charge in [0, 0.05) is 18.3 Å². The van der Waals surface area contributed by atoms with Crippen molar-refractivity contribution in [3.8, 4) is 6.07 Å². The Morgan fingerprint density at radius 1 is 1.40 bits per heavy atom. The number of nitriles is 1. The summed E-state index contributed by atoms with van der Waals surface area (Å²) in [7, 11) is 1.90. The largest absolute Gasteiger partial charge is 0.377 e. The molecule has 20 heavy (non-hydrogen) atoms. The molecule has 104 valence electrons. The van der Waals surface area contributed by atoms with Gasteiger partial charge in [0.05, 0.1) is 23.0 Å². The third kappa shape index (κ3) is 2.50. The normalized spacial score (nSPS) is 12.0. The van der Waals surface area contributed by atoms with Crippen molar-refractivity contribution in [2.45, 2.75) is 26.8 Å². The summed E-state index contributed by atoms with van der Waals surface area (Å²) in [5, 5.41) is 16.7. The van der Waals surface area contributed by atoms with E-state index >= 15 is 0 Å². The lowest BCUT2D eigenvalue weighted by Crippen LogP contribution is -2.10. The zero-order valence-corrected chi connectivity index (χ0v) is 12.0. The molecule has 0 aliphatic rings. The first-order valence-corrected chi connectivity index (χ1v) is 6.40. The summed E-state index contributed by atoms with van der Waals surface area (Å²) in [5.41, 5.74) is 4.05. The molecule has 4 nitrogen and oxygen atoms in total. The van der Waals surface area contributed by atoms with Gasteiger partial charge in [0.1, 0.15) is 11.9 Å². The molecule has 1 atom stereocenters. The lowest BCUT2D eigenvalue weighted by Gasteiger charge is -2.17. The fourth-order valence-corrected chi connectivity index (χ4v) is 2.46. The molecule has 0 saturated carbocycles. The number of hydrogen-bond donors (Lipinski definition) is 1. The molecule has 5 heteroatoms. The molecule has 1 aromatic heterocycles. The number of aryl methyl sites for hydroxylation is 2. The molecule has 0 radical (unpaired) electrons. The zero-order valence-electron chi connectivity index (χ0n) is 12.0. The molecule has 1 N–H and O–H groups in total. The van der Waals surface area contributed by atoms with Gasteiger partial charge in [-0.05, 0) is 39.0 Å². The van der Waals surface area contributed by atoms with Crippen LogP contribution in [0.5, 0.6) is 0 Å². The number of benzene rings is 1. The van der Waals surface area contributed by atoms with Gasteiger partial charge in [-0.3, -0.25) is 4.68 Å². The first kappa shape index (κ1) is 14.1. The maximum Gasteiger partial charge on any atom is 0.124 e. The number of hydrogen-bond acceptors (Lipinski definition) is 3. The maximum absolute atomic E-state index is 13.1. The fourth-order valence-electron chi connectivity index (χ4n) is 2.46. The Morgan fingerprint density at radius 3 is 2.65 bits per heavy atom. The van der Waals surface area contributed by atoms with Crippen LogP contribution in [0.15, 0.2) is 18.2 Å². The first-order chi connectivity index (χ1) is 9.43. The summed E-state index contributed by atoms with van der Waals surface area (Å²) in [5.74, 6) is -0.409. The van der Waals surface area contributed by atoms with Gasteiger partial charge in [-0.2, -0.15) is 10.4 Å². The van der Waals surface area contributed by atoms with E-state index in [1.165, 1.54) is 12.1 Å². The lowest BCUT2D eigenvalue weighted by atomic mass is 10.1. The number of anilines is 1. The summed E-state index contributed by atoms with van der Waals surface area (Å²) >= 11 is 0. The highest BCUT2D eigenvalue weighted by Crippen LogP contribution is 2.26. The van der Waals surface area contributed by atoms with Crippen molar-refractivity contribution in [3.63, 3.8) is 0 Å². The van der Waals surface area contributed by atoms with Crippen molar-refractivity contribution in [3.05, 3.63) is 46.5 Å². The summed E-state index contributed by atoms with van der Waals surface area (Å²) in [6.45, 7) is 5.96. The molecule has 1 heterocycles. The molecular formula is C15H17FN4. The minimum atomic E-state index is -0.409. The molecule has 1 unspecified atom stereocenters. The smallest absolute Gasteiger partial charge is 0.124 e. The van der Waals surface area contributed by atoms with Crippen molar-refractivity contribution in [2.24, 2.45) is 7.05 Å². The van der Waals surface area contributed by atoms with Crippen LogP contribution >= 0.6 is 0 Å². The Bertz CT molecular complexity index is 682. The standard InChI is InChI=1S/C15H17FN4/c1-9(15-10(2)19-20(4)11(15)3)18-14-6-5-13(16)7-12(14)8-17/h5-7,9,18H,1-4H3. The first-order valence-electron chi connectivity index (χ1n) is 6.40. The van der Waals surface area contributed by atoms with Crippen molar-refractivity contribution in [1.29, 1.82) is 5.26 Å². The van der Waals surface area contributed by atoms with Crippen molar-refractivity contribution in [2.75, 3.05) is 5.32 Å².